The number of primary sulfonamides is 1. The summed E-state index contributed by atoms with van der Waals surface area (Å²) < 4.78 is 22.0. The number of nitrogens with two attached hydrogens (primary N) is 2. The van der Waals surface area contributed by atoms with Gasteiger partial charge in [-0.05, 0) is 165 Å². The number of carboxylic acids is 1. The number of carbonyl (C=O) groups excluding carboxylic acids is 4. The van der Waals surface area contributed by atoms with Crippen LogP contribution in [0.1, 0.15) is 241 Å². The number of benzene rings is 5. The number of amides is 1. The van der Waals surface area contributed by atoms with Crippen molar-refractivity contribution in [2.45, 2.75) is 184 Å². The SMILES string of the molecule is CC(C)C1=CC=CCC1=O.CC(C)C1=CCC(=O)C=C1.CC(C)c1cc[nH]c(=O)c1.CC(C)c1ccc2c(c1)C(=O)CC2.CC(C)c1cccc(C(=O)O)c1.CC(C)c1cccc(C(N)=O)c1.CC(C)c1cccc(S(N)(=O)=O)c1.Cc1cccc(C(C)C)c1. The van der Waals surface area contributed by atoms with E-state index in [9.17, 15) is 37.2 Å². The summed E-state index contributed by atoms with van der Waals surface area (Å²) in [5.41, 5.74) is 18.8. The molecule has 1 heterocycles. The van der Waals surface area contributed by atoms with Crippen molar-refractivity contribution in [3.05, 3.63) is 253 Å². The van der Waals surface area contributed by atoms with Gasteiger partial charge in [0, 0.05) is 42.7 Å². The number of rotatable bonds is 11. The van der Waals surface area contributed by atoms with Crippen molar-refractivity contribution < 1.29 is 37.5 Å². The molecule has 0 fully saturated rings. The number of nitrogens with one attached hydrogen (secondary N) is 1. The van der Waals surface area contributed by atoms with Crippen molar-refractivity contribution in [2.24, 2.45) is 22.7 Å². The Balaban J connectivity index is 0.000000351. The number of sulfonamides is 1. The van der Waals surface area contributed by atoms with Gasteiger partial charge in [0.15, 0.2) is 17.3 Å². The summed E-state index contributed by atoms with van der Waals surface area (Å²) in [6.45, 7) is 35.6. The molecule has 0 radical (unpaired) electrons. The van der Waals surface area contributed by atoms with Gasteiger partial charge in [-0.25, -0.2) is 18.4 Å². The molecule has 3 aliphatic carbocycles. The van der Waals surface area contributed by atoms with Gasteiger partial charge in [0.2, 0.25) is 21.5 Å². The van der Waals surface area contributed by atoms with Gasteiger partial charge in [-0.2, -0.15) is 0 Å². The average molecular weight is 1240 g/mol. The highest BCUT2D eigenvalue weighted by molar-refractivity contribution is 7.89. The number of hydrogen-bond donors (Lipinski definition) is 4. The van der Waals surface area contributed by atoms with E-state index in [1.807, 2.05) is 108 Å². The van der Waals surface area contributed by atoms with Crippen LogP contribution in [0, 0.1) is 18.8 Å². The van der Waals surface area contributed by atoms with E-state index in [4.69, 9.17) is 16.0 Å². The van der Waals surface area contributed by atoms with Gasteiger partial charge in [-0.3, -0.25) is 24.0 Å². The van der Waals surface area contributed by atoms with Crippen molar-refractivity contribution >= 4 is 39.2 Å². The number of pyridine rings is 1. The molecule has 9 rings (SSSR count). The summed E-state index contributed by atoms with van der Waals surface area (Å²) in [7, 11) is -3.56. The van der Waals surface area contributed by atoms with Gasteiger partial charge in [0.25, 0.3) is 0 Å². The fourth-order valence-electron chi connectivity index (χ4n) is 8.84. The molecule has 1 amide bonds. The molecule has 5 aromatic carbocycles. The number of aromatic carboxylic acids is 1. The summed E-state index contributed by atoms with van der Waals surface area (Å²) in [4.78, 5) is 68.1. The fraction of sp³-hybridized carbons (Fsp3) is 0.377. The Morgan fingerprint density at radius 1 is 0.511 bits per heavy atom. The molecule has 3 aliphatic rings. The molecular weight excluding hydrogens is 1140 g/mol. The van der Waals surface area contributed by atoms with E-state index in [2.05, 4.69) is 124 Å². The van der Waals surface area contributed by atoms with Crippen LogP contribution in [-0.4, -0.2) is 47.7 Å². The summed E-state index contributed by atoms with van der Waals surface area (Å²) >= 11 is 0. The largest absolute Gasteiger partial charge is 0.478 e. The van der Waals surface area contributed by atoms with Crippen molar-refractivity contribution in [3.63, 3.8) is 0 Å². The van der Waals surface area contributed by atoms with Gasteiger partial charge in [0.1, 0.15) is 0 Å². The fourth-order valence-corrected chi connectivity index (χ4v) is 9.41. The van der Waals surface area contributed by atoms with E-state index in [0.29, 0.717) is 83.5 Å². The highest BCUT2D eigenvalue weighted by Gasteiger charge is 2.20. The molecule has 0 saturated heterocycles. The second-order valence-corrected chi connectivity index (χ2v) is 26.5. The first-order valence-corrected chi connectivity index (χ1v) is 32.8. The lowest BCUT2D eigenvalue weighted by molar-refractivity contribution is -0.115. The molecule has 12 nitrogen and oxygen atoms in total. The minimum atomic E-state index is -3.56. The quantitative estimate of drug-likeness (QED) is 0.0966. The molecule has 0 unspecified atom stereocenters. The van der Waals surface area contributed by atoms with Crippen LogP contribution in [-0.2, 0) is 26.0 Å². The van der Waals surface area contributed by atoms with Crippen molar-refractivity contribution in [1.29, 1.82) is 0 Å². The lowest BCUT2D eigenvalue weighted by Crippen LogP contribution is -2.12. The number of ketones is 3. The van der Waals surface area contributed by atoms with E-state index in [-0.39, 0.29) is 27.9 Å². The maximum Gasteiger partial charge on any atom is 0.335 e. The lowest BCUT2D eigenvalue weighted by Gasteiger charge is -2.10. The second kappa shape index (κ2) is 39.1. The van der Waals surface area contributed by atoms with Crippen molar-refractivity contribution in [1.82, 2.24) is 4.98 Å². The van der Waals surface area contributed by atoms with Gasteiger partial charge in [-0.15, -0.1) is 0 Å². The van der Waals surface area contributed by atoms with Gasteiger partial charge < -0.3 is 15.8 Å². The van der Waals surface area contributed by atoms with Crippen LogP contribution in [0.2, 0.25) is 0 Å². The average Bonchev–Trinajstić information content (AvgIpc) is 1.93. The summed E-state index contributed by atoms with van der Waals surface area (Å²) in [6.07, 6.45) is 15.8. The highest BCUT2D eigenvalue weighted by Crippen LogP contribution is 2.26. The maximum atomic E-state index is 11.4. The third-order valence-electron chi connectivity index (χ3n) is 14.7. The Bertz CT molecular complexity index is 3550. The molecule has 484 valence electrons. The predicted octanol–water partition coefficient (Wildman–Crippen LogP) is 17.6. The number of carboxylic acid groups (broad SMARTS) is 1. The number of hydrogen-bond acceptors (Lipinski definition) is 8. The number of aromatic nitrogens is 1. The summed E-state index contributed by atoms with van der Waals surface area (Å²) in [5, 5.41) is 13.7. The number of carbonyl (C=O) groups is 5. The third kappa shape index (κ3) is 29.0. The third-order valence-corrected chi connectivity index (χ3v) is 15.6. The normalized spacial score (nSPS) is 12.9. The Labute approximate surface area is 538 Å². The van der Waals surface area contributed by atoms with Crippen molar-refractivity contribution in [2.75, 3.05) is 0 Å². The molecule has 90 heavy (non-hydrogen) atoms. The van der Waals surface area contributed by atoms with E-state index < -0.39 is 16.0 Å². The molecule has 1 aromatic heterocycles. The zero-order chi connectivity index (χ0) is 68.0. The Morgan fingerprint density at radius 2 is 1.00 bits per heavy atom. The molecule has 0 spiro atoms. The number of aryl methyl sites for hydroxylation is 2. The smallest absolute Gasteiger partial charge is 0.335 e. The second-order valence-electron chi connectivity index (χ2n) is 24.9. The molecule has 0 saturated carbocycles. The number of aromatic amines is 1. The van der Waals surface area contributed by atoms with Crippen LogP contribution in [0.5, 0.6) is 0 Å². The molecule has 0 bridgehead atoms. The Hall–Kier alpha value is -8.13. The van der Waals surface area contributed by atoms with E-state index in [1.54, 1.807) is 54.7 Å². The minimum Gasteiger partial charge on any atom is -0.478 e. The number of fused-ring (bicyclic) bond motifs is 1. The monoisotopic (exact) mass is 1240 g/mol. The first-order valence-electron chi connectivity index (χ1n) is 31.2. The first-order chi connectivity index (χ1) is 42.1. The van der Waals surface area contributed by atoms with Crippen LogP contribution in [0.3, 0.4) is 0 Å². The van der Waals surface area contributed by atoms with Crippen LogP contribution in [0.4, 0.5) is 0 Å². The van der Waals surface area contributed by atoms with E-state index in [0.717, 1.165) is 39.8 Å². The van der Waals surface area contributed by atoms with Crippen LogP contribution >= 0.6 is 0 Å². The van der Waals surface area contributed by atoms with Crippen LogP contribution < -0.4 is 16.4 Å². The number of primary amides is 1. The topological polar surface area (TPSA) is 225 Å². The van der Waals surface area contributed by atoms with Crippen LogP contribution in [0.15, 0.2) is 191 Å². The van der Waals surface area contributed by atoms with Gasteiger partial charge >= 0.3 is 5.97 Å². The van der Waals surface area contributed by atoms with Crippen molar-refractivity contribution in [3.8, 4) is 0 Å². The van der Waals surface area contributed by atoms with E-state index in [1.165, 1.54) is 33.9 Å². The Morgan fingerprint density at radius 3 is 1.42 bits per heavy atom. The highest BCUT2D eigenvalue weighted by atomic mass is 32.2. The Kier molecular flexibility index (Phi) is 33.9. The predicted molar refractivity (Wildman–Crippen MR) is 371 cm³/mol. The summed E-state index contributed by atoms with van der Waals surface area (Å²) in [6, 6.07) is 39.7. The number of H-pyrrole nitrogens is 1. The maximum absolute atomic E-state index is 11.4. The minimum absolute atomic E-state index is 0.0220. The standard InChI is InChI=1S/C12H14O.C10H13NO.C10H12O2.C10H14.C9H13NO2S.2C9H12O.C8H11NO/c1-8(2)10-4-3-9-5-6-12(13)11(9)7-10;2*1-7(2)8-4-3-5-9(6-8)10(11)12;1-8(2)10-6-4-5-9(3)7-10;1-7(2)8-4-3-5-9(6-8)13(10,11)12;1-7(2)8-3-5-9(10)6-4-8;1-7(2)8-5-3-4-6-9(8)10;1-6(2)7-3-4-9-8(10)5-7/h3-4,7-8H,5-6H2,1-2H3;3-7H,1-2H3,(H2,11,12);3-7H,1-2H3,(H,11,12);4-8H,1-3H3;3-7H,1-2H3,(H2,10,11,12);2*3-5,7H,6H2,1-2H3;3-6H,1-2H3,(H,9,10). The van der Waals surface area contributed by atoms with Gasteiger partial charge in [0.05, 0.1) is 10.5 Å². The number of Topliss-reactive ketones (excluding diaryl/α,β-unsaturated/α-hetero) is 2. The van der Waals surface area contributed by atoms with Gasteiger partial charge in [-0.1, -0.05) is 220 Å². The van der Waals surface area contributed by atoms with Crippen LogP contribution in [0.25, 0.3) is 0 Å². The molecule has 13 heteroatoms. The molecule has 0 aliphatic heterocycles. The molecule has 0 atom stereocenters. The summed E-state index contributed by atoms with van der Waals surface area (Å²) in [5.74, 6) is 3.22. The first kappa shape index (κ1) is 78.0. The van der Waals surface area contributed by atoms with E-state index >= 15 is 0 Å². The number of allylic oxidation sites excluding steroid dienone is 8. The lowest BCUT2D eigenvalue weighted by atomic mass is 9.94. The molecule has 6 N–H and O–H groups in total. The molecule has 6 aromatic rings. The zero-order valence-corrected chi connectivity index (χ0v) is 57.2. The zero-order valence-electron chi connectivity index (χ0n) is 56.4. The molecular formula is C77H101N3O9S.